The van der Waals surface area contributed by atoms with E-state index in [1.165, 1.54) is 22.8 Å². The van der Waals surface area contributed by atoms with Crippen molar-refractivity contribution in [1.29, 1.82) is 0 Å². The van der Waals surface area contributed by atoms with E-state index in [0.717, 1.165) is 71.4 Å². The topological polar surface area (TPSA) is 65.1 Å². The van der Waals surface area contributed by atoms with E-state index >= 15 is 0 Å². The third kappa shape index (κ3) is 13.0. The number of hydrogen-bond acceptors (Lipinski definition) is 8. The Kier molecular flexibility index (Phi) is 14.1. The average molecular weight is 540 g/mol. The SMILES string of the molecule is CCCCC(C)(CCC)SP(=O)(OC(C)(C)C)SCCOC(=O)C(C)(C)CCN1CCOCC1. The van der Waals surface area contributed by atoms with Crippen molar-refractivity contribution < 1.29 is 23.4 Å². The highest BCUT2D eigenvalue weighted by Crippen LogP contribution is 2.75. The Morgan fingerprint density at radius 2 is 1.65 bits per heavy atom. The first-order valence-electron chi connectivity index (χ1n) is 12.9. The molecule has 0 aromatic rings. The number of ether oxygens (including phenoxy) is 2. The van der Waals surface area contributed by atoms with Gasteiger partial charge < -0.3 is 14.0 Å². The van der Waals surface area contributed by atoms with Crippen LogP contribution >= 0.6 is 28.5 Å². The quantitative estimate of drug-likeness (QED) is 0.114. The van der Waals surface area contributed by atoms with Crippen molar-refractivity contribution in [2.75, 3.05) is 45.2 Å². The minimum Gasteiger partial charge on any atom is -0.464 e. The van der Waals surface area contributed by atoms with E-state index in [1.807, 2.05) is 34.6 Å². The molecule has 0 amide bonds. The molecule has 0 saturated carbocycles. The predicted octanol–water partition coefficient (Wildman–Crippen LogP) is 7.42. The molecular weight excluding hydrogens is 489 g/mol. The lowest BCUT2D eigenvalue weighted by atomic mass is 9.89. The molecule has 1 saturated heterocycles. The van der Waals surface area contributed by atoms with E-state index in [4.69, 9.17) is 14.0 Å². The molecule has 1 rings (SSSR count). The highest BCUT2D eigenvalue weighted by molar-refractivity contribution is 8.89. The number of hydrogen-bond donors (Lipinski definition) is 0. The maximum Gasteiger partial charge on any atom is 0.314 e. The molecule has 0 aliphatic carbocycles. The molecule has 0 aromatic heterocycles. The second-order valence-corrected chi connectivity index (χ2v) is 18.9. The Morgan fingerprint density at radius 1 is 1.00 bits per heavy atom. The van der Waals surface area contributed by atoms with Crippen molar-refractivity contribution in [2.24, 2.45) is 5.41 Å². The van der Waals surface area contributed by atoms with Crippen LogP contribution in [0, 0.1) is 5.41 Å². The van der Waals surface area contributed by atoms with Crippen LogP contribution in [0.5, 0.6) is 0 Å². The van der Waals surface area contributed by atoms with Gasteiger partial charge in [0.25, 0.3) is 0 Å². The van der Waals surface area contributed by atoms with E-state index in [-0.39, 0.29) is 17.3 Å². The number of carbonyl (C=O) groups excluding carboxylic acids is 1. The number of carbonyl (C=O) groups is 1. The van der Waals surface area contributed by atoms with Gasteiger partial charge in [-0.3, -0.25) is 14.3 Å². The molecule has 202 valence electrons. The van der Waals surface area contributed by atoms with Crippen LogP contribution in [0.4, 0.5) is 0 Å². The van der Waals surface area contributed by atoms with E-state index in [0.29, 0.717) is 5.75 Å². The second kappa shape index (κ2) is 14.9. The van der Waals surface area contributed by atoms with Gasteiger partial charge in [-0.15, -0.1) is 0 Å². The molecule has 1 aliphatic rings. The van der Waals surface area contributed by atoms with Gasteiger partial charge in [0.05, 0.1) is 24.2 Å². The van der Waals surface area contributed by atoms with E-state index in [2.05, 4.69) is 25.7 Å². The van der Waals surface area contributed by atoms with Crippen LogP contribution in [-0.4, -0.2) is 66.4 Å². The van der Waals surface area contributed by atoms with Crippen LogP contribution in [-0.2, 0) is 23.4 Å². The second-order valence-electron chi connectivity index (χ2n) is 11.1. The summed E-state index contributed by atoms with van der Waals surface area (Å²) in [5.41, 5.74) is -1.06. The zero-order valence-corrected chi connectivity index (χ0v) is 25.5. The summed E-state index contributed by atoms with van der Waals surface area (Å²) in [5, 5.41) is 0. The van der Waals surface area contributed by atoms with Gasteiger partial charge in [0, 0.05) is 23.6 Å². The molecule has 0 N–H and O–H groups in total. The molecule has 1 aliphatic heterocycles. The summed E-state index contributed by atoms with van der Waals surface area (Å²) < 4.78 is 31.0. The highest BCUT2D eigenvalue weighted by Gasteiger charge is 2.39. The van der Waals surface area contributed by atoms with E-state index < -0.39 is 16.8 Å². The lowest BCUT2D eigenvalue weighted by Gasteiger charge is -2.35. The smallest absolute Gasteiger partial charge is 0.314 e. The Balaban J connectivity index is 2.64. The van der Waals surface area contributed by atoms with Gasteiger partial charge in [0.1, 0.15) is 6.61 Å². The number of morpholine rings is 1. The molecule has 9 heteroatoms. The van der Waals surface area contributed by atoms with Crippen LogP contribution in [0.15, 0.2) is 0 Å². The normalized spacial score (nSPS) is 19.4. The molecule has 6 nitrogen and oxygen atoms in total. The van der Waals surface area contributed by atoms with Gasteiger partial charge in [-0.1, -0.05) is 55.9 Å². The third-order valence-corrected chi connectivity index (χ3v) is 13.9. The summed E-state index contributed by atoms with van der Waals surface area (Å²) in [5.74, 6) is -2.78. The first-order valence-corrected chi connectivity index (χ1v) is 17.5. The van der Waals surface area contributed by atoms with E-state index in [9.17, 15) is 9.36 Å². The van der Waals surface area contributed by atoms with Crippen LogP contribution in [0.25, 0.3) is 0 Å². The van der Waals surface area contributed by atoms with Crippen LogP contribution in [0.3, 0.4) is 0 Å². The predicted molar refractivity (Wildman–Crippen MR) is 148 cm³/mol. The zero-order chi connectivity index (χ0) is 25.9. The Labute approximate surface area is 217 Å². The average Bonchev–Trinajstić information content (AvgIpc) is 2.73. The Hall–Kier alpha value is 0.280. The van der Waals surface area contributed by atoms with Gasteiger partial charge in [0.2, 0.25) is 0 Å². The number of rotatable bonds is 16. The van der Waals surface area contributed by atoms with Crippen molar-refractivity contribution in [3.8, 4) is 0 Å². The van der Waals surface area contributed by atoms with Gasteiger partial charge in [0.15, 0.2) is 0 Å². The monoisotopic (exact) mass is 539 g/mol. The van der Waals surface area contributed by atoms with Gasteiger partial charge in [-0.25, -0.2) is 0 Å². The molecule has 2 atom stereocenters. The summed E-state index contributed by atoms with van der Waals surface area (Å²) in [6, 6.07) is 0. The minimum absolute atomic E-state index is 0.0866. The number of esters is 1. The lowest BCUT2D eigenvalue weighted by Crippen LogP contribution is -2.39. The van der Waals surface area contributed by atoms with Gasteiger partial charge >= 0.3 is 11.7 Å². The molecule has 0 aromatic carbocycles. The first-order chi connectivity index (χ1) is 15.7. The summed E-state index contributed by atoms with van der Waals surface area (Å²) in [6.45, 7) is 20.7. The van der Waals surface area contributed by atoms with Gasteiger partial charge in [-0.2, -0.15) is 0 Å². The first kappa shape index (κ1) is 32.3. The lowest BCUT2D eigenvalue weighted by molar-refractivity contribution is -0.153. The summed E-state index contributed by atoms with van der Waals surface area (Å²) in [7, 11) is 0. The van der Waals surface area contributed by atoms with Crippen molar-refractivity contribution >= 4 is 34.5 Å². The highest BCUT2D eigenvalue weighted by atomic mass is 33.1. The van der Waals surface area contributed by atoms with Crippen LogP contribution in [0.1, 0.15) is 93.9 Å². The fourth-order valence-electron chi connectivity index (χ4n) is 3.82. The molecule has 0 spiro atoms. The Morgan fingerprint density at radius 3 is 2.21 bits per heavy atom. The molecule has 34 heavy (non-hydrogen) atoms. The Bertz CT molecular complexity index is 650. The van der Waals surface area contributed by atoms with Crippen LogP contribution < -0.4 is 0 Å². The van der Waals surface area contributed by atoms with Gasteiger partial charge in [-0.05, 0) is 67.3 Å². The molecule has 1 heterocycles. The minimum atomic E-state index is -3.04. The van der Waals surface area contributed by atoms with Crippen molar-refractivity contribution in [3.05, 3.63) is 0 Å². The van der Waals surface area contributed by atoms with Crippen molar-refractivity contribution in [3.63, 3.8) is 0 Å². The molecular formula is C25H50NO5PS2. The van der Waals surface area contributed by atoms with Crippen molar-refractivity contribution in [2.45, 2.75) is 104 Å². The molecule has 0 radical (unpaired) electrons. The fourth-order valence-corrected chi connectivity index (χ4v) is 13.7. The fraction of sp³-hybridized carbons (Fsp3) is 0.960. The summed E-state index contributed by atoms with van der Waals surface area (Å²) in [4.78, 5) is 15.1. The third-order valence-electron chi connectivity index (χ3n) is 5.83. The molecule has 1 fully saturated rings. The summed E-state index contributed by atoms with van der Waals surface area (Å²) >= 11 is 2.84. The molecule has 2 unspecified atom stereocenters. The zero-order valence-electron chi connectivity index (χ0n) is 22.9. The summed E-state index contributed by atoms with van der Waals surface area (Å²) in [6.07, 6.45) is 6.04. The number of nitrogens with zero attached hydrogens (tertiary/aromatic N) is 1. The number of unbranched alkanes of at least 4 members (excludes halogenated alkanes) is 1. The molecule has 0 bridgehead atoms. The maximum absolute atomic E-state index is 13.9. The van der Waals surface area contributed by atoms with Crippen molar-refractivity contribution in [1.82, 2.24) is 4.90 Å². The standard InChI is InChI=1S/C25H50NO5PS2/c1-9-11-13-25(8,12-10-2)34-32(28,31-23(3,4)5)33-21-20-30-22(27)24(6,7)14-15-26-16-18-29-19-17-26/h9-21H2,1-8H3. The largest absolute Gasteiger partial charge is 0.464 e. The van der Waals surface area contributed by atoms with E-state index in [1.54, 1.807) is 0 Å². The van der Waals surface area contributed by atoms with Crippen LogP contribution in [0.2, 0.25) is 0 Å². The maximum atomic E-state index is 13.9.